The smallest absolute Gasteiger partial charge is 0.330 e. The van der Waals surface area contributed by atoms with Gasteiger partial charge in [0, 0.05) is 12.7 Å². The minimum absolute atomic E-state index is 0.0967. The Bertz CT molecular complexity index is 438. The minimum atomic E-state index is -2.25. The molecule has 0 radical (unpaired) electrons. The summed E-state index contributed by atoms with van der Waals surface area (Å²) in [4.78, 5) is 11.1. The average Bonchev–Trinajstić information content (AvgIpc) is 2.40. The molecule has 0 fully saturated rings. The summed E-state index contributed by atoms with van der Waals surface area (Å²) in [5, 5.41) is 10.2. The second-order valence-corrected chi connectivity index (χ2v) is 21.9. The lowest BCUT2D eigenvalue weighted by atomic mass is 10.1. The molecule has 0 spiro atoms. The number of carbonyl (C=O) groups excluding carboxylic acids is 1. The second-order valence-electron chi connectivity index (χ2n) is 9.03. The van der Waals surface area contributed by atoms with Crippen LogP contribution in [0.25, 0.3) is 0 Å². The number of ether oxygens (including phenoxy) is 2. The van der Waals surface area contributed by atoms with Crippen molar-refractivity contribution in [2.75, 3.05) is 19.8 Å². The van der Waals surface area contributed by atoms with E-state index in [4.69, 9.17) is 17.7 Å². The number of esters is 1. The molecule has 0 rings (SSSR count). The molecule has 9 heteroatoms. The van der Waals surface area contributed by atoms with Crippen LogP contribution >= 0.6 is 0 Å². The van der Waals surface area contributed by atoms with Gasteiger partial charge in [0.2, 0.25) is 0 Å². The predicted octanol–water partition coefficient (Wildman–Crippen LogP) is 3.65. The van der Waals surface area contributed by atoms with E-state index in [9.17, 15) is 9.90 Å². The van der Waals surface area contributed by atoms with Gasteiger partial charge in [0.15, 0.2) is 16.6 Å². The summed E-state index contributed by atoms with van der Waals surface area (Å²) in [6.45, 7) is 20.6. The zero-order valence-corrected chi connectivity index (χ0v) is 20.8. The molecule has 1 atom stereocenters. The Balaban J connectivity index is 4.42. The van der Waals surface area contributed by atoms with E-state index in [2.05, 4.69) is 52.4 Å². The lowest BCUT2D eigenvalue weighted by Crippen LogP contribution is -2.52. The predicted molar refractivity (Wildman–Crippen MR) is 113 cm³/mol. The monoisotopic (exact) mass is 422 g/mol. The first-order chi connectivity index (χ1) is 11.6. The molecule has 0 saturated carbocycles. The van der Waals surface area contributed by atoms with E-state index in [1.807, 2.05) is 0 Å². The van der Waals surface area contributed by atoms with Crippen LogP contribution in [0.3, 0.4) is 0 Å². The molecule has 6 nitrogen and oxygen atoms in total. The first-order valence-corrected chi connectivity index (χ1v) is 18.4. The van der Waals surface area contributed by atoms with Crippen molar-refractivity contribution in [3.05, 3.63) is 12.7 Å². The van der Waals surface area contributed by atoms with E-state index in [1.165, 1.54) is 0 Å². The summed E-state index contributed by atoms with van der Waals surface area (Å²) in [5.74, 6) is -0.556. The fourth-order valence-corrected chi connectivity index (χ4v) is 15.0. The third-order valence-electron chi connectivity index (χ3n) is 3.07. The van der Waals surface area contributed by atoms with Crippen LogP contribution in [-0.2, 0) is 22.5 Å². The number of rotatable bonds is 13. The Morgan fingerprint density at radius 2 is 1.54 bits per heavy atom. The Labute approximate surface area is 162 Å². The van der Waals surface area contributed by atoms with Gasteiger partial charge in [-0.2, -0.15) is 0 Å². The molecule has 0 aliphatic heterocycles. The van der Waals surface area contributed by atoms with Gasteiger partial charge in [0.1, 0.15) is 12.2 Å². The number of hydrogen-bond donors (Lipinski definition) is 1. The molecule has 0 aromatic carbocycles. The molecule has 0 heterocycles. The maximum atomic E-state index is 11.1. The lowest BCUT2D eigenvalue weighted by molar-refractivity contribution is -0.148. The molecule has 0 bridgehead atoms. The van der Waals surface area contributed by atoms with Crippen molar-refractivity contribution >= 4 is 31.2 Å². The quantitative estimate of drug-likeness (QED) is 0.211. The average molecular weight is 423 g/mol. The molecule has 0 saturated heterocycles. The van der Waals surface area contributed by atoms with Crippen LogP contribution in [0.5, 0.6) is 0 Å². The van der Waals surface area contributed by atoms with Crippen molar-refractivity contribution in [3.63, 3.8) is 0 Å². The van der Waals surface area contributed by atoms with E-state index < -0.39 is 36.8 Å². The highest BCUT2D eigenvalue weighted by molar-refractivity contribution is 6.87. The molecule has 0 amide bonds. The van der Waals surface area contributed by atoms with Gasteiger partial charge in [-0.1, -0.05) is 6.58 Å². The maximum Gasteiger partial charge on any atom is 0.330 e. The summed E-state index contributed by atoms with van der Waals surface area (Å²) in [6.07, 6.45) is 1.87. The lowest BCUT2D eigenvalue weighted by Gasteiger charge is -2.38. The van der Waals surface area contributed by atoms with E-state index >= 15 is 0 Å². The number of carbonyl (C=O) groups is 1. The van der Waals surface area contributed by atoms with Gasteiger partial charge in [0.05, 0.1) is 6.61 Å². The summed E-state index contributed by atoms with van der Waals surface area (Å²) in [5.41, 5.74) is -1.22. The third kappa shape index (κ3) is 13.8. The van der Waals surface area contributed by atoms with Crippen molar-refractivity contribution in [1.82, 2.24) is 0 Å². The topological polar surface area (TPSA) is 74.2 Å². The minimum Gasteiger partial charge on any atom is -0.459 e. The highest BCUT2D eigenvalue weighted by atomic mass is 28.5. The van der Waals surface area contributed by atoms with E-state index in [0.29, 0.717) is 6.61 Å². The van der Waals surface area contributed by atoms with Gasteiger partial charge in [-0.25, -0.2) is 4.79 Å². The Morgan fingerprint density at radius 1 is 1.04 bits per heavy atom. The molecule has 0 aliphatic rings. The number of aliphatic hydroxyl groups is 1. The van der Waals surface area contributed by atoms with Crippen molar-refractivity contribution < 1.29 is 27.6 Å². The largest absolute Gasteiger partial charge is 0.459 e. The van der Waals surface area contributed by atoms with Crippen LogP contribution in [0.4, 0.5) is 0 Å². The van der Waals surface area contributed by atoms with Crippen LogP contribution in [0.1, 0.15) is 13.3 Å². The van der Waals surface area contributed by atoms with Crippen molar-refractivity contribution in [2.45, 2.75) is 70.8 Å². The summed E-state index contributed by atoms with van der Waals surface area (Å²) in [7, 11) is -5.64. The van der Waals surface area contributed by atoms with Gasteiger partial charge in [-0.05, 0) is 65.2 Å². The van der Waals surface area contributed by atoms with E-state index in [0.717, 1.165) is 18.5 Å². The summed E-state index contributed by atoms with van der Waals surface area (Å²) >= 11 is 0. The van der Waals surface area contributed by atoms with Crippen LogP contribution in [0, 0.1) is 0 Å². The Kier molecular flexibility index (Phi) is 10.2. The van der Waals surface area contributed by atoms with Crippen LogP contribution < -0.4 is 0 Å². The highest BCUT2D eigenvalue weighted by Gasteiger charge is 2.39. The fraction of sp³-hybridized carbons (Fsp3) is 0.824. The van der Waals surface area contributed by atoms with Gasteiger partial charge < -0.3 is 22.8 Å². The zero-order chi connectivity index (χ0) is 20.6. The van der Waals surface area contributed by atoms with E-state index in [-0.39, 0.29) is 13.2 Å². The normalized spacial score (nSPS) is 15.4. The van der Waals surface area contributed by atoms with Crippen LogP contribution in [0.15, 0.2) is 12.7 Å². The summed E-state index contributed by atoms with van der Waals surface area (Å²) < 4.78 is 23.3. The van der Waals surface area contributed by atoms with Crippen molar-refractivity contribution in [2.24, 2.45) is 0 Å². The van der Waals surface area contributed by atoms with Crippen molar-refractivity contribution in [1.29, 1.82) is 0 Å². The van der Waals surface area contributed by atoms with Gasteiger partial charge in [0.25, 0.3) is 0 Å². The second kappa shape index (κ2) is 10.3. The SMILES string of the molecule is C=CC(=O)OCC(C)(O)COCCC[Si](C)(O[Si](C)(C)C)O[Si](C)(C)C. The highest BCUT2D eigenvalue weighted by Crippen LogP contribution is 2.25. The molecule has 0 aliphatic carbocycles. The molecule has 1 unspecified atom stereocenters. The van der Waals surface area contributed by atoms with E-state index in [1.54, 1.807) is 6.92 Å². The Hall–Kier alpha value is -0.299. The van der Waals surface area contributed by atoms with Crippen LogP contribution in [0.2, 0.25) is 51.9 Å². The number of hydrogen-bond acceptors (Lipinski definition) is 6. The molecule has 0 aromatic heterocycles. The Morgan fingerprint density at radius 3 is 1.96 bits per heavy atom. The van der Waals surface area contributed by atoms with Crippen LogP contribution in [-0.4, -0.2) is 61.7 Å². The molecule has 1 N–H and O–H groups in total. The molecular weight excluding hydrogens is 384 g/mol. The molecular formula is C17H38O6Si3. The van der Waals surface area contributed by atoms with Gasteiger partial charge in [-0.3, -0.25) is 0 Å². The molecule has 154 valence electrons. The first kappa shape index (κ1) is 25.7. The van der Waals surface area contributed by atoms with Crippen molar-refractivity contribution in [3.8, 4) is 0 Å². The summed E-state index contributed by atoms with van der Waals surface area (Å²) in [6, 6.07) is 0.856. The molecule has 26 heavy (non-hydrogen) atoms. The fourth-order valence-electron chi connectivity index (χ4n) is 2.53. The zero-order valence-electron chi connectivity index (χ0n) is 17.8. The van der Waals surface area contributed by atoms with Gasteiger partial charge >= 0.3 is 14.5 Å². The maximum absolute atomic E-state index is 11.1. The third-order valence-corrected chi connectivity index (χ3v) is 12.7. The standard InChI is InChI=1S/C17H38O6Si3/c1-10-16(18)21-15-17(2,19)14-20-12-11-13-26(9,22-24(3,4)5)23-25(6,7)8/h10,19H,1,11-15H2,2-9H3. The van der Waals surface area contributed by atoms with Gasteiger partial charge in [-0.15, -0.1) is 0 Å². The molecule has 0 aromatic rings. The first-order valence-electron chi connectivity index (χ1n) is 9.07.